The molecule has 4 heterocycles. The van der Waals surface area contributed by atoms with Crippen molar-refractivity contribution in [3.63, 3.8) is 0 Å². The van der Waals surface area contributed by atoms with Crippen LogP contribution in [0.15, 0.2) is 60.1 Å². The Morgan fingerprint density at radius 3 is 2.97 bits per heavy atom. The Bertz CT molecular complexity index is 1300. The molecule has 2 atom stereocenters. The van der Waals surface area contributed by atoms with Gasteiger partial charge in [0.05, 0.1) is 48.5 Å². The molecule has 162 valence electrons. The summed E-state index contributed by atoms with van der Waals surface area (Å²) in [6.45, 7) is 2.42. The van der Waals surface area contributed by atoms with E-state index in [1.807, 2.05) is 47.0 Å². The maximum atomic E-state index is 13.0. The lowest BCUT2D eigenvalue weighted by Crippen LogP contribution is -2.37. The van der Waals surface area contributed by atoms with Gasteiger partial charge in [0.15, 0.2) is 0 Å². The highest BCUT2D eigenvalue weighted by molar-refractivity contribution is 7.82. The van der Waals surface area contributed by atoms with Crippen molar-refractivity contribution in [1.82, 2.24) is 29.0 Å². The zero-order valence-corrected chi connectivity index (χ0v) is 18.0. The van der Waals surface area contributed by atoms with E-state index in [1.165, 1.54) is 6.33 Å². The Kier molecular flexibility index (Phi) is 5.77. The SMILES string of the molecule is N#CCC(c1cccc(S(=O)N2CCOCC2)c1)n1cc(-c2ncnc3[nH]ccc23)cn1. The van der Waals surface area contributed by atoms with Crippen molar-refractivity contribution in [3.05, 3.63) is 60.8 Å². The van der Waals surface area contributed by atoms with E-state index in [-0.39, 0.29) is 12.5 Å². The number of hydrogen-bond donors (Lipinski definition) is 1. The molecule has 32 heavy (non-hydrogen) atoms. The number of morpholine rings is 1. The van der Waals surface area contributed by atoms with Gasteiger partial charge in [0, 0.05) is 36.4 Å². The van der Waals surface area contributed by atoms with Crippen molar-refractivity contribution in [2.75, 3.05) is 26.3 Å². The summed E-state index contributed by atoms with van der Waals surface area (Å²) < 4.78 is 22.1. The van der Waals surface area contributed by atoms with Crippen LogP contribution >= 0.6 is 0 Å². The van der Waals surface area contributed by atoms with Crippen LogP contribution < -0.4 is 0 Å². The summed E-state index contributed by atoms with van der Waals surface area (Å²) in [6, 6.07) is 11.5. The summed E-state index contributed by atoms with van der Waals surface area (Å²) in [6.07, 6.45) is 7.21. The standard InChI is InChI=1S/C22H21N7O2S/c23-6-4-20(16-2-1-3-18(12-16)32(30)28-8-10-31-11-9-28)29-14-17(13-27-29)21-19-5-7-24-22(19)26-15-25-21/h1-3,5,7,12-15,20H,4,8-11H2,(H,24,25,26). The number of fused-ring (bicyclic) bond motifs is 1. The second-order valence-corrected chi connectivity index (χ2v) is 8.90. The second-order valence-electron chi connectivity index (χ2n) is 7.41. The van der Waals surface area contributed by atoms with Crippen molar-refractivity contribution in [2.24, 2.45) is 0 Å². The van der Waals surface area contributed by atoms with Crippen molar-refractivity contribution in [3.8, 4) is 17.3 Å². The highest BCUT2D eigenvalue weighted by Gasteiger charge is 2.21. The molecule has 10 heteroatoms. The first kappa shape index (κ1) is 20.5. The molecule has 1 N–H and O–H groups in total. The van der Waals surface area contributed by atoms with E-state index >= 15 is 0 Å². The molecule has 0 radical (unpaired) electrons. The predicted octanol–water partition coefficient (Wildman–Crippen LogP) is 2.68. The smallest absolute Gasteiger partial charge is 0.141 e. The van der Waals surface area contributed by atoms with Gasteiger partial charge < -0.3 is 9.72 Å². The molecule has 1 aromatic carbocycles. The van der Waals surface area contributed by atoms with Gasteiger partial charge in [-0.2, -0.15) is 10.4 Å². The van der Waals surface area contributed by atoms with Crippen LogP contribution in [0, 0.1) is 11.3 Å². The van der Waals surface area contributed by atoms with Gasteiger partial charge in [-0.15, -0.1) is 0 Å². The van der Waals surface area contributed by atoms with E-state index in [9.17, 15) is 9.47 Å². The summed E-state index contributed by atoms with van der Waals surface area (Å²) in [5, 5.41) is 14.9. The molecule has 1 aliphatic rings. The molecule has 0 aliphatic carbocycles. The third-order valence-corrected chi connectivity index (χ3v) is 6.97. The average Bonchev–Trinajstić information content (AvgIpc) is 3.52. The minimum Gasteiger partial charge on any atom is -0.379 e. The number of H-pyrrole nitrogens is 1. The maximum absolute atomic E-state index is 13.0. The van der Waals surface area contributed by atoms with E-state index in [4.69, 9.17) is 4.74 Å². The lowest BCUT2D eigenvalue weighted by atomic mass is 10.0. The van der Waals surface area contributed by atoms with E-state index < -0.39 is 11.0 Å². The number of aromatic nitrogens is 5. The molecule has 0 saturated carbocycles. The first-order chi connectivity index (χ1) is 15.7. The maximum Gasteiger partial charge on any atom is 0.141 e. The fraction of sp³-hybridized carbons (Fsp3) is 0.273. The number of ether oxygens (including phenoxy) is 1. The van der Waals surface area contributed by atoms with Gasteiger partial charge in [-0.1, -0.05) is 12.1 Å². The molecule has 9 nitrogen and oxygen atoms in total. The van der Waals surface area contributed by atoms with Gasteiger partial charge in [0.1, 0.15) is 23.0 Å². The van der Waals surface area contributed by atoms with Crippen molar-refractivity contribution in [1.29, 1.82) is 5.26 Å². The molecule has 4 aromatic rings. The van der Waals surface area contributed by atoms with Gasteiger partial charge in [0.2, 0.25) is 0 Å². The third kappa shape index (κ3) is 3.93. The molecule has 2 unspecified atom stereocenters. The number of nitrogens with zero attached hydrogens (tertiary/aromatic N) is 6. The van der Waals surface area contributed by atoms with Crippen molar-refractivity contribution < 1.29 is 8.95 Å². The number of nitrogens with one attached hydrogen (secondary N) is 1. The zero-order chi connectivity index (χ0) is 21.9. The minimum absolute atomic E-state index is 0.234. The van der Waals surface area contributed by atoms with Crippen LogP contribution in [-0.2, 0) is 15.7 Å². The molecular formula is C22H21N7O2S. The summed E-state index contributed by atoms with van der Waals surface area (Å²) in [7, 11) is -1.27. The minimum atomic E-state index is -1.27. The predicted molar refractivity (Wildman–Crippen MR) is 119 cm³/mol. The molecule has 1 fully saturated rings. The molecule has 1 aliphatic heterocycles. The largest absolute Gasteiger partial charge is 0.379 e. The Hall–Kier alpha value is -3.39. The quantitative estimate of drug-likeness (QED) is 0.486. The number of nitriles is 1. The number of benzene rings is 1. The second kappa shape index (κ2) is 9.00. The van der Waals surface area contributed by atoms with Gasteiger partial charge in [-0.05, 0) is 23.8 Å². The zero-order valence-electron chi connectivity index (χ0n) is 17.2. The van der Waals surface area contributed by atoms with Crippen LogP contribution in [0.1, 0.15) is 18.0 Å². The summed E-state index contributed by atoms with van der Waals surface area (Å²) in [5.41, 5.74) is 3.26. The first-order valence-electron chi connectivity index (χ1n) is 10.3. The van der Waals surface area contributed by atoms with Crippen LogP contribution in [0.3, 0.4) is 0 Å². The van der Waals surface area contributed by atoms with E-state index in [0.29, 0.717) is 31.2 Å². The van der Waals surface area contributed by atoms with Gasteiger partial charge in [0.25, 0.3) is 0 Å². The summed E-state index contributed by atoms with van der Waals surface area (Å²) in [4.78, 5) is 12.5. The lowest BCUT2D eigenvalue weighted by molar-refractivity contribution is 0.0752. The topological polar surface area (TPSA) is 113 Å². The Balaban J connectivity index is 1.46. The monoisotopic (exact) mass is 447 g/mol. The molecule has 0 spiro atoms. The lowest BCUT2D eigenvalue weighted by Gasteiger charge is -2.25. The fourth-order valence-corrected chi connectivity index (χ4v) is 5.09. The first-order valence-corrected chi connectivity index (χ1v) is 11.4. The molecule has 0 bridgehead atoms. The van der Waals surface area contributed by atoms with Crippen molar-refractivity contribution in [2.45, 2.75) is 17.4 Å². The highest BCUT2D eigenvalue weighted by Crippen LogP contribution is 2.28. The van der Waals surface area contributed by atoms with E-state index in [1.54, 1.807) is 10.9 Å². The molecule has 1 saturated heterocycles. The number of aromatic amines is 1. The Labute approximate surface area is 187 Å². The Morgan fingerprint density at radius 1 is 1.25 bits per heavy atom. The van der Waals surface area contributed by atoms with Crippen LogP contribution in [0.2, 0.25) is 0 Å². The Morgan fingerprint density at radius 2 is 2.12 bits per heavy atom. The van der Waals surface area contributed by atoms with Gasteiger partial charge in [-0.25, -0.2) is 18.5 Å². The number of rotatable bonds is 6. The highest BCUT2D eigenvalue weighted by atomic mass is 32.2. The normalized spacial score (nSPS) is 16.6. The molecular weight excluding hydrogens is 426 g/mol. The van der Waals surface area contributed by atoms with E-state index in [0.717, 1.165) is 27.9 Å². The van der Waals surface area contributed by atoms with Crippen LogP contribution in [-0.4, -0.2) is 59.5 Å². The van der Waals surface area contributed by atoms with Crippen LogP contribution in [0.4, 0.5) is 0 Å². The molecule has 0 amide bonds. The van der Waals surface area contributed by atoms with Crippen molar-refractivity contribution >= 4 is 22.0 Å². The van der Waals surface area contributed by atoms with Crippen LogP contribution in [0.5, 0.6) is 0 Å². The third-order valence-electron chi connectivity index (χ3n) is 5.48. The van der Waals surface area contributed by atoms with Gasteiger partial charge >= 0.3 is 0 Å². The van der Waals surface area contributed by atoms with Gasteiger partial charge in [-0.3, -0.25) is 4.68 Å². The molecule has 5 rings (SSSR count). The summed E-state index contributed by atoms with van der Waals surface area (Å²) in [5.74, 6) is 0. The van der Waals surface area contributed by atoms with Crippen LogP contribution in [0.25, 0.3) is 22.3 Å². The number of hydrogen-bond acceptors (Lipinski definition) is 6. The fourth-order valence-electron chi connectivity index (χ4n) is 3.88. The molecule has 3 aromatic heterocycles. The summed E-state index contributed by atoms with van der Waals surface area (Å²) >= 11 is 0. The average molecular weight is 448 g/mol. The van der Waals surface area contributed by atoms with E-state index in [2.05, 4.69) is 26.1 Å².